The van der Waals surface area contributed by atoms with Crippen LogP contribution < -0.4 is 11.1 Å². The molecule has 0 fully saturated rings. The lowest BCUT2D eigenvalue weighted by molar-refractivity contribution is 0.498. The fourth-order valence-corrected chi connectivity index (χ4v) is 2.72. The molecular weight excluding hydrogens is 258 g/mol. The van der Waals surface area contributed by atoms with E-state index in [1.807, 2.05) is 0 Å². The van der Waals surface area contributed by atoms with Gasteiger partial charge in [-0.25, -0.2) is 4.68 Å². The van der Waals surface area contributed by atoms with E-state index in [4.69, 9.17) is 5.73 Å². The van der Waals surface area contributed by atoms with Crippen molar-refractivity contribution in [2.75, 3.05) is 5.32 Å². The summed E-state index contributed by atoms with van der Waals surface area (Å²) in [5.74, 6) is 0.671. The Bertz CT molecular complexity index is 440. The lowest BCUT2D eigenvalue weighted by Gasteiger charge is -2.25. The van der Waals surface area contributed by atoms with E-state index in [9.17, 15) is 0 Å². The second-order valence-corrected chi connectivity index (χ2v) is 5.44. The summed E-state index contributed by atoms with van der Waals surface area (Å²) >= 11 is 4.48. The number of anilines is 1. The van der Waals surface area contributed by atoms with Crippen molar-refractivity contribution in [2.45, 2.75) is 58.0 Å². The standard InChI is InChI=1S/C13H23N5S/c1-2-3-4-5-6-7-8-10-11(14)18-13(15-9-16-18)17-12(10)19/h9,11,19H,2-8,14H2,1H3,(H,15,16,17). The zero-order valence-electron chi connectivity index (χ0n) is 11.5. The largest absolute Gasteiger partial charge is 0.319 e. The van der Waals surface area contributed by atoms with Gasteiger partial charge in [0.2, 0.25) is 5.95 Å². The number of thiol groups is 1. The van der Waals surface area contributed by atoms with Crippen molar-refractivity contribution >= 4 is 18.6 Å². The predicted octanol–water partition coefficient (Wildman–Crippen LogP) is 3.05. The molecule has 0 radical (unpaired) electrons. The highest BCUT2D eigenvalue weighted by Crippen LogP contribution is 2.30. The van der Waals surface area contributed by atoms with Gasteiger partial charge in [0, 0.05) is 0 Å². The summed E-state index contributed by atoms with van der Waals surface area (Å²) in [6.07, 6.45) is 9.92. The molecule has 2 heterocycles. The Morgan fingerprint density at radius 1 is 1.32 bits per heavy atom. The lowest BCUT2D eigenvalue weighted by Crippen LogP contribution is -2.29. The third-order valence-electron chi connectivity index (χ3n) is 3.53. The van der Waals surface area contributed by atoms with Gasteiger partial charge in [-0.3, -0.25) is 0 Å². The molecule has 1 atom stereocenters. The summed E-state index contributed by atoms with van der Waals surface area (Å²) < 4.78 is 1.71. The van der Waals surface area contributed by atoms with Gasteiger partial charge < -0.3 is 11.1 Å². The molecule has 0 spiro atoms. The van der Waals surface area contributed by atoms with Crippen LogP contribution in [0.3, 0.4) is 0 Å². The number of hydrogen-bond donors (Lipinski definition) is 3. The maximum atomic E-state index is 6.20. The second-order valence-electron chi connectivity index (χ2n) is 4.99. The zero-order valence-corrected chi connectivity index (χ0v) is 12.4. The fraction of sp³-hybridized carbons (Fsp3) is 0.692. The molecular formula is C13H23N5S. The first-order chi connectivity index (χ1) is 9.24. The topological polar surface area (TPSA) is 68.8 Å². The Labute approximate surface area is 120 Å². The summed E-state index contributed by atoms with van der Waals surface area (Å²) in [4.78, 5) is 4.10. The summed E-state index contributed by atoms with van der Waals surface area (Å²) in [7, 11) is 0. The van der Waals surface area contributed by atoms with E-state index in [1.54, 1.807) is 4.68 Å². The maximum absolute atomic E-state index is 6.20. The average molecular weight is 281 g/mol. The van der Waals surface area contributed by atoms with Crippen LogP contribution in [0, 0.1) is 0 Å². The average Bonchev–Trinajstić information content (AvgIpc) is 2.85. The smallest absolute Gasteiger partial charge is 0.227 e. The molecule has 0 saturated heterocycles. The van der Waals surface area contributed by atoms with Gasteiger partial charge >= 0.3 is 0 Å². The van der Waals surface area contributed by atoms with Gasteiger partial charge in [-0.2, -0.15) is 10.1 Å². The van der Waals surface area contributed by atoms with E-state index in [-0.39, 0.29) is 6.17 Å². The molecule has 5 nitrogen and oxygen atoms in total. The van der Waals surface area contributed by atoms with Gasteiger partial charge in [0.05, 0.1) is 5.03 Å². The van der Waals surface area contributed by atoms with Gasteiger partial charge in [0.25, 0.3) is 0 Å². The molecule has 6 heteroatoms. The quantitative estimate of drug-likeness (QED) is 0.531. The zero-order chi connectivity index (χ0) is 13.7. The molecule has 0 amide bonds. The van der Waals surface area contributed by atoms with Crippen LogP contribution in [0.2, 0.25) is 0 Å². The minimum absolute atomic E-state index is 0.234. The third kappa shape index (κ3) is 3.51. The van der Waals surface area contributed by atoms with Gasteiger partial charge in [0.1, 0.15) is 12.5 Å². The van der Waals surface area contributed by atoms with Crippen molar-refractivity contribution in [1.82, 2.24) is 14.8 Å². The van der Waals surface area contributed by atoms with Gasteiger partial charge in [0.15, 0.2) is 0 Å². The van der Waals surface area contributed by atoms with Crippen molar-refractivity contribution in [3.8, 4) is 0 Å². The number of unbranched alkanes of at least 4 members (excludes halogenated alkanes) is 5. The molecule has 1 unspecified atom stereocenters. The number of nitrogens with zero attached hydrogens (tertiary/aromatic N) is 3. The molecule has 1 aliphatic rings. The number of fused-ring (bicyclic) bond motifs is 1. The van der Waals surface area contributed by atoms with Gasteiger partial charge in [-0.05, 0) is 18.4 Å². The first-order valence-corrected chi connectivity index (χ1v) is 7.53. The first-order valence-electron chi connectivity index (χ1n) is 7.08. The van der Waals surface area contributed by atoms with E-state index >= 15 is 0 Å². The van der Waals surface area contributed by atoms with E-state index in [2.05, 4.69) is 35.0 Å². The van der Waals surface area contributed by atoms with Crippen LogP contribution in [0.5, 0.6) is 0 Å². The van der Waals surface area contributed by atoms with E-state index in [1.165, 1.54) is 38.4 Å². The van der Waals surface area contributed by atoms with E-state index in [0.717, 1.165) is 23.4 Å². The molecule has 1 aromatic rings. The van der Waals surface area contributed by atoms with Gasteiger partial charge in [-0.1, -0.05) is 39.0 Å². The lowest BCUT2D eigenvalue weighted by atomic mass is 10.0. The van der Waals surface area contributed by atoms with Crippen LogP contribution in [0.1, 0.15) is 58.0 Å². The number of aromatic nitrogens is 3. The summed E-state index contributed by atoms with van der Waals surface area (Å²) in [5.41, 5.74) is 7.32. The SMILES string of the molecule is CCCCCCCCC1=C(S)Nc2ncnn2C1N. The Morgan fingerprint density at radius 2 is 2.05 bits per heavy atom. The van der Waals surface area contributed by atoms with Crippen LogP contribution in [-0.4, -0.2) is 14.8 Å². The van der Waals surface area contributed by atoms with Crippen LogP contribution in [0.4, 0.5) is 5.95 Å². The third-order valence-corrected chi connectivity index (χ3v) is 3.93. The number of rotatable bonds is 7. The van der Waals surface area contributed by atoms with Crippen molar-refractivity contribution < 1.29 is 0 Å². The summed E-state index contributed by atoms with van der Waals surface area (Å²) in [6.45, 7) is 2.24. The highest BCUT2D eigenvalue weighted by molar-refractivity contribution is 7.84. The second kappa shape index (κ2) is 6.96. The highest BCUT2D eigenvalue weighted by Gasteiger charge is 2.24. The summed E-state index contributed by atoms with van der Waals surface area (Å²) in [6, 6.07) is 0. The van der Waals surface area contributed by atoms with Crippen LogP contribution in [0.15, 0.2) is 16.9 Å². The van der Waals surface area contributed by atoms with Crippen molar-refractivity contribution in [3.63, 3.8) is 0 Å². The monoisotopic (exact) mass is 281 g/mol. The minimum atomic E-state index is -0.234. The van der Waals surface area contributed by atoms with E-state index in [0.29, 0.717) is 5.95 Å². The van der Waals surface area contributed by atoms with Gasteiger partial charge in [-0.15, -0.1) is 12.6 Å². The Morgan fingerprint density at radius 3 is 2.84 bits per heavy atom. The Balaban J connectivity index is 1.83. The number of hydrogen-bond acceptors (Lipinski definition) is 5. The molecule has 1 aromatic heterocycles. The van der Waals surface area contributed by atoms with E-state index < -0.39 is 0 Å². The molecule has 2 rings (SSSR count). The van der Waals surface area contributed by atoms with Crippen molar-refractivity contribution in [1.29, 1.82) is 0 Å². The molecule has 0 aromatic carbocycles. The first kappa shape index (κ1) is 14.4. The van der Waals surface area contributed by atoms with Crippen LogP contribution in [-0.2, 0) is 0 Å². The molecule has 19 heavy (non-hydrogen) atoms. The van der Waals surface area contributed by atoms with Crippen molar-refractivity contribution in [2.24, 2.45) is 5.73 Å². The normalized spacial score (nSPS) is 18.4. The van der Waals surface area contributed by atoms with Crippen molar-refractivity contribution in [3.05, 3.63) is 16.9 Å². The van der Waals surface area contributed by atoms with Crippen LogP contribution >= 0.6 is 12.6 Å². The fourth-order valence-electron chi connectivity index (χ4n) is 2.38. The molecule has 3 N–H and O–H groups in total. The van der Waals surface area contributed by atoms with Crippen LogP contribution in [0.25, 0.3) is 0 Å². The predicted molar refractivity (Wildman–Crippen MR) is 80.9 cm³/mol. The number of nitrogens with two attached hydrogens (primary N) is 1. The molecule has 0 aliphatic carbocycles. The molecule has 0 saturated carbocycles. The minimum Gasteiger partial charge on any atom is -0.319 e. The highest BCUT2D eigenvalue weighted by atomic mass is 32.1. The number of nitrogens with one attached hydrogen (secondary N) is 1. The molecule has 0 bridgehead atoms. The summed E-state index contributed by atoms with van der Waals surface area (Å²) in [5, 5.41) is 8.11. The Kier molecular flexibility index (Phi) is 5.27. The Hall–Kier alpha value is -1.01. The molecule has 1 aliphatic heterocycles. The molecule has 106 valence electrons. The maximum Gasteiger partial charge on any atom is 0.227 e.